The molecule has 1 aromatic rings. The molecule has 6 nitrogen and oxygen atoms in total. The number of pyridine rings is 1. The van der Waals surface area contributed by atoms with Crippen LogP contribution in [0.1, 0.15) is 33.3 Å². The largest absolute Gasteiger partial charge is 0.479 e. The predicted molar refractivity (Wildman–Crippen MR) is 68.6 cm³/mol. The van der Waals surface area contributed by atoms with Gasteiger partial charge in [0, 0.05) is 12.4 Å². The topological polar surface area (TPSA) is 88.5 Å². The van der Waals surface area contributed by atoms with Crippen LogP contribution in [-0.2, 0) is 15.1 Å². The van der Waals surface area contributed by atoms with E-state index in [0.29, 0.717) is 5.56 Å². The molecule has 0 aromatic carbocycles. The van der Waals surface area contributed by atoms with E-state index < -0.39 is 23.2 Å². The summed E-state index contributed by atoms with van der Waals surface area (Å²) in [6.07, 6.45) is 2.15. The molecule has 2 N–H and O–H groups in total. The summed E-state index contributed by atoms with van der Waals surface area (Å²) in [4.78, 5) is 27.0. The van der Waals surface area contributed by atoms with Gasteiger partial charge in [0.2, 0.25) is 0 Å². The van der Waals surface area contributed by atoms with Crippen molar-refractivity contribution in [2.75, 3.05) is 0 Å². The quantitative estimate of drug-likeness (QED) is 0.872. The summed E-state index contributed by atoms with van der Waals surface area (Å²) in [5, 5.41) is 11.7. The molecule has 0 saturated heterocycles. The van der Waals surface area contributed by atoms with E-state index in [4.69, 9.17) is 4.74 Å². The molecule has 6 heteroatoms. The van der Waals surface area contributed by atoms with Crippen LogP contribution in [-0.4, -0.2) is 27.8 Å². The first-order valence-electron chi connectivity index (χ1n) is 5.80. The molecule has 1 heterocycles. The smallest absolute Gasteiger partial charge is 0.408 e. The van der Waals surface area contributed by atoms with E-state index in [2.05, 4.69) is 10.3 Å². The van der Waals surface area contributed by atoms with Crippen molar-refractivity contribution in [3.8, 4) is 0 Å². The van der Waals surface area contributed by atoms with Crippen LogP contribution in [0.4, 0.5) is 4.79 Å². The molecular weight excluding hydrogens is 248 g/mol. The third kappa shape index (κ3) is 3.94. The first-order chi connectivity index (χ1) is 8.65. The Labute approximate surface area is 111 Å². The molecule has 0 bridgehead atoms. The van der Waals surface area contributed by atoms with Crippen LogP contribution in [0.15, 0.2) is 24.5 Å². The zero-order chi connectivity index (χ0) is 14.7. The average molecular weight is 266 g/mol. The summed E-state index contributed by atoms with van der Waals surface area (Å²) < 4.78 is 5.08. The number of nitrogens with one attached hydrogen (secondary N) is 1. The Kier molecular flexibility index (Phi) is 4.14. The molecule has 0 aliphatic heterocycles. The van der Waals surface area contributed by atoms with Crippen LogP contribution in [0.3, 0.4) is 0 Å². The molecule has 0 aliphatic carbocycles. The van der Waals surface area contributed by atoms with Crippen LogP contribution >= 0.6 is 0 Å². The second kappa shape index (κ2) is 5.26. The number of carbonyl (C=O) groups is 2. The molecule has 1 unspecified atom stereocenters. The lowest BCUT2D eigenvalue weighted by atomic mass is 9.93. The van der Waals surface area contributed by atoms with E-state index in [-0.39, 0.29) is 0 Å². The zero-order valence-electron chi connectivity index (χ0n) is 11.4. The summed E-state index contributed by atoms with van der Waals surface area (Å²) in [7, 11) is 0. The number of amides is 1. The molecule has 0 fully saturated rings. The molecule has 0 spiro atoms. The van der Waals surface area contributed by atoms with E-state index >= 15 is 0 Å². The van der Waals surface area contributed by atoms with Gasteiger partial charge in [-0.15, -0.1) is 0 Å². The van der Waals surface area contributed by atoms with Gasteiger partial charge in [-0.05, 0) is 45.4 Å². The average Bonchev–Trinajstić information content (AvgIpc) is 2.27. The summed E-state index contributed by atoms with van der Waals surface area (Å²) in [5.41, 5.74) is -1.84. The minimum absolute atomic E-state index is 0.417. The lowest BCUT2D eigenvalue weighted by molar-refractivity contribution is -0.144. The Morgan fingerprint density at radius 3 is 2.16 bits per heavy atom. The fourth-order valence-corrected chi connectivity index (χ4v) is 1.44. The Hall–Kier alpha value is -2.11. The van der Waals surface area contributed by atoms with Crippen molar-refractivity contribution >= 4 is 12.1 Å². The molecule has 0 saturated carbocycles. The van der Waals surface area contributed by atoms with Gasteiger partial charge >= 0.3 is 12.1 Å². The Morgan fingerprint density at radius 2 is 1.74 bits per heavy atom. The summed E-state index contributed by atoms with van der Waals surface area (Å²) >= 11 is 0. The Morgan fingerprint density at radius 1 is 1.21 bits per heavy atom. The van der Waals surface area contributed by atoms with Crippen molar-refractivity contribution in [3.63, 3.8) is 0 Å². The van der Waals surface area contributed by atoms with Gasteiger partial charge < -0.3 is 15.2 Å². The molecule has 1 aromatic heterocycles. The summed E-state index contributed by atoms with van der Waals surface area (Å²) in [5.74, 6) is -1.18. The van der Waals surface area contributed by atoms with Crippen molar-refractivity contribution in [1.29, 1.82) is 0 Å². The van der Waals surface area contributed by atoms with Crippen molar-refractivity contribution in [1.82, 2.24) is 10.3 Å². The maximum absolute atomic E-state index is 11.7. The number of aromatic nitrogens is 1. The van der Waals surface area contributed by atoms with Gasteiger partial charge in [-0.2, -0.15) is 0 Å². The Balaban J connectivity index is 2.97. The number of rotatable bonds is 3. The van der Waals surface area contributed by atoms with Gasteiger partial charge in [-0.3, -0.25) is 4.98 Å². The third-order valence-electron chi connectivity index (χ3n) is 2.44. The highest BCUT2D eigenvalue weighted by atomic mass is 16.6. The molecule has 0 radical (unpaired) electrons. The molecule has 19 heavy (non-hydrogen) atoms. The molecule has 1 amide bonds. The molecule has 0 aliphatic rings. The normalized spacial score (nSPS) is 14.3. The number of carbonyl (C=O) groups excluding carboxylic acids is 1. The zero-order valence-corrected chi connectivity index (χ0v) is 11.4. The van der Waals surface area contributed by atoms with E-state index in [9.17, 15) is 14.7 Å². The number of aliphatic carboxylic acids is 1. The van der Waals surface area contributed by atoms with Gasteiger partial charge in [-0.1, -0.05) is 0 Å². The van der Waals surface area contributed by atoms with Crippen molar-refractivity contribution in [2.24, 2.45) is 0 Å². The van der Waals surface area contributed by atoms with E-state index in [0.717, 1.165) is 0 Å². The van der Waals surface area contributed by atoms with Gasteiger partial charge in [0.1, 0.15) is 5.60 Å². The number of hydrogen-bond donors (Lipinski definition) is 2. The second-order valence-electron chi connectivity index (χ2n) is 5.29. The van der Waals surface area contributed by atoms with E-state index in [1.165, 1.54) is 31.5 Å². The van der Waals surface area contributed by atoms with Gasteiger partial charge in [-0.25, -0.2) is 9.59 Å². The fraction of sp³-hybridized carbons (Fsp3) is 0.462. The SMILES string of the molecule is CC(C)(C)OC(=O)NC(C)(C(=O)O)c1ccncc1. The lowest BCUT2D eigenvalue weighted by Gasteiger charge is -2.28. The Bertz CT molecular complexity index is 467. The predicted octanol–water partition coefficient (Wildman–Crippen LogP) is 1.91. The number of hydrogen-bond acceptors (Lipinski definition) is 4. The van der Waals surface area contributed by atoms with E-state index in [1.54, 1.807) is 20.8 Å². The molecule has 1 atom stereocenters. The first-order valence-corrected chi connectivity index (χ1v) is 5.80. The number of ether oxygens (including phenoxy) is 1. The minimum atomic E-state index is -1.56. The van der Waals surface area contributed by atoms with Gasteiger partial charge in [0.15, 0.2) is 5.54 Å². The monoisotopic (exact) mass is 266 g/mol. The lowest BCUT2D eigenvalue weighted by Crippen LogP contribution is -2.51. The minimum Gasteiger partial charge on any atom is -0.479 e. The van der Waals surface area contributed by atoms with Gasteiger partial charge in [0.05, 0.1) is 0 Å². The van der Waals surface area contributed by atoms with Crippen LogP contribution in [0.2, 0.25) is 0 Å². The maximum Gasteiger partial charge on any atom is 0.408 e. The number of carboxylic acids is 1. The highest BCUT2D eigenvalue weighted by molar-refractivity contribution is 5.85. The van der Waals surface area contributed by atoms with Crippen molar-refractivity contribution in [3.05, 3.63) is 30.1 Å². The van der Waals surface area contributed by atoms with Crippen LogP contribution in [0.5, 0.6) is 0 Å². The van der Waals surface area contributed by atoms with Crippen LogP contribution in [0, 0.1) is 0 Å². The van der Waals surface area contributed by atoms with Crippen LogP contribution < -0.4 is 5.32 Å². The van der Waals surface area contributed by atoms with Gasteiger partial charge in [0.25, 0.3) is 0 Å². The maximum atomic E-state index is 11.7. The molecule has 104 valence electrons. The highest BCUT2D eigenvalue weighted by Gasteiger charge is 2.38. The summed E-state index contributed by atoms with van der Waals surface area (Å²) in [6.45, 7) is 6.51. The first kappa shape index (κ1) is 14.9. The third-order valence-corrected chi connectivity index (χ3v) is 2.44. The summed E-state index contributed by atoms with van der Waals surface area (Å²) in [6, 6.07) is 3.07. The fourth-order valence-electron chi connectivity index (χ4n) is 1.44. The number of nitrogens with zero attached hydrogens (tertiary/aromatic N) is 1. The number of carboxylic acid groups (broad SMARTS) is 1. The highest BCUT2D eigenvalue weighted by Crippen LogP contribution is 2.21. The molecular formula is C13H18N2O4. The van der Waals surface area contributed by atoms with Crippen molar-refractivity contribution < 1.29 is 19.4 Å². The van der Waals surface area contributed by atoms with E-state index in [1.807, 2.05) is 0 Å². The second-order valence-corrected chi connectivity index (χ2v) is 5.29. The van der Waals surface area contributed by atoms with Crippen LogP contribution in [0.25, 0.3) is 0 Å². The van der Waals surface area contributed by atoms with Crippen molar-refractivity contribution in [2.45, 2.75) is 38.8 Å². The standard InChI is InChI=1S/C13H18N2O4/c1-12(2,3)19-11(18)15-13(4,10(16)17)9-5-7-14-8-6-9/h5-8H,1-4H3,(H,15,18)(H,16,17). The number of alkyl carbamates (subject to hydrolysis) is 1. The molecule has 1 rings (SSSR count).